The molecule has 0 N–H and O–H groups in total. The van der Waals surface area contributed by atoms with Gasteiger partial charge in [-0.25, -0.2) is 4.68 Å². The molecule has 4 aromatic rings. The molecule has 0 unspecified atom stereocenters. The minimum absolute atomic E-state index is 0.169. The van der Waals surface area contributed by atoms with Crippen LogP contribution in [0.1, 0.15) is 15.9 Å². The topological polar surface area (TPSA) is 34.9 Å². The van der Waals surface area contributed by atoms with Crippen LogP contribution in [0, 0.1) is 0 Å². The van der Waals surface area contributed by atoms with Crippen LogP contribution in [-0.2, 0) is 0 Å². The average Bonchev–Trinajstić information content (AvgIpc) is 3.16. The zero-order valence-corrected chi connectivity index (χ0v) is 17.8. The van der Waals surface area contributed by atoms with Crippen LogP contribution in [0.5, 0.6) is 0 Å². The molecule has 144 valence electrons. The summed E-state index contributed by atoms with van der Waals surface area (Å²) in [5.74, 6) is -0.169. The van der Waals surface area contributed by atoms with Gasteiger partial charge in [0.05, 0.1) is 33.2 Å². The van der Waals surface area contributed by atoms with E-state index in [9.17, 15) is 4.79 Å². The quantitative estimate of drug-likeness (QED) is 0.297. The Labute approximate surface area is 187 Å². The normalized spacial score (nSPS) is 10.9. The highest BCUT2D eigenvalue weighted by Gasteiger charge is 2.21. The number of halogens is 4. The third-order valence-electron chi connectivity index (χ3n) is 4.39. The predicted molar refractivity (Wildman–Crippen MR) is 119 cm³/mol. The number of rotatable bonds is 4. The molecule has 0 atom stereocenters. The van der Waals surface area contributed by atoms with E-state index < -0.39 is 0 Å². The van der Waals surface area contributed by atoms with Gasteiger partial charge in [0, 0.05) is 21.2 Å². The zero-order valence-electron chi connectivity index (χ0n) is 14.7. The van der Waals surface area contributed by atoms with E-state index in [-0.39, 0.29) is 5.78 Å². The molecule has 0 saturated heterocycles. The third-order valence-corrected chi connectivity index (χ3v) is 5.63. The van der Waals surface area contributed by atoms with Crippen molar-refractivity contribution >= 4 is 52.2 Å². The van der Waals surface area contributed by atoms with Crippen molar-refractivity contribution in [3.05, 3.63) is 104 Å². The minimum Gasteiger partial charge on any atom is -0.288 e. The van der Waals surface area contributed by atoms with Crippen LogP contribution in [0.25, 0.3) is 16.9 Å². The van der Waals surface area contributed by atoms with Crippen LogP contribution in [0.4, 0.5) is 0 Å². The first-order valence-corrected chi connectivity index (χ1v) is 10.0. The van der Waals surface area contributed by atoms with Crippen molar-refractivity contribution < 1.29 is 4.79 Å². The first kappa shape index (κ1) is 20.0. The third kappa shape index (κ3) is 4.05. The molecule has 7 heteroatoms. The largest absolute Gasteiger partial charge is 0.288 e. The van der Waals surface area contributed by atoms with Gasteiger partial charge in [0.1, 0.15) is 0 Å². The molecule has 0 radical (unpaired) electrons. The Morgan fingerprint density at radius 1 is 0.759 bits per heavy atom. The Morgan fingerprint density at radius 3 is 2.00 bits per heavy atom. The standard InChI is InChI=1S/C22H12Cl4N2O/c23-15-5-1-13(2-6-15)21-18(22(29)14-3-7-16(24)8-4-14)12-27-28(21)17-9-10-19(25)20(26)11-17/h1-12H. The van der Waals surface area contributed by atoms with Gasteiger partial charge in [-0.1, -0.05) is 58.5 Å². The van der Waals surface area contributed by atoms with Crippen LogP contribution < -0.4 is 0 Å². The number of aromatic nitrogens is 2. The second-order valence-corrected chi connectivity index (χ2v) is 7.95. The average molecular weight is 462 g/mol. The summed E-state index contributed by atoms with van der Waals surface area (Å²) < 4.78 is 1.66. The maximum atomic E-state index is 13.2. The summed E-state index contributed by atoms with van der Waals surface area (Å²) in [5.41, 5.74) is 3.05. The van der Waals surface area contributed by atoms with Gasteiger partial charge >= 0.3 is 0 Å². The molecular weight excluding hydrogens is 450 g/mol. The smallest absolute Gasteiger partial charge is 0.196 e. The van der Waals surface area contributed by atoms with Crippen LogP contribution in [0.15, 0.2) is 72.9 Å². The second-order valence-electron chi connectivity index (χ2n) is 6.26. The van der Waals surface area contributed by atoms with Gasteiger partial charge in [0.25, 0.3) is 0 Å². The Balaban J connectivity index is 1.90. The summed E-state index contributed by atoms with van der Waals surface area (Å²) in [4.78, 5) is 13.2. The minimum atomic E-state index is -0.169. The lowest BCUT2D eigenvalue weighted by Crippen LogP contribution is -2.05. The summed E-state index contributed by atoms with van der Waals surface area (Å²) in [6.45, 7) is 0. The molecule has 0 aliphatic rings. The van der Waals surface area contributed by atoms with Gasteiger partial charge < -0.3 is 0 Å². The summed E-state index contributed by atoms with van der Waals surface area (Å²) >= 11 is 24.2. The zero-order chi connectivity index (χ0) is 20.5. The molecule has 0 bridgehead atoms. The molecule has 1 heterocycles. The number of carbonyl (C=O) groups excluding carboxylic acids is 1. The van der Waals surface area contributed by atoms with Gasteiger partial charge in [0.2, 0.25) is 0 Å². The number of carbonyl (C=O) groups is 1. The lowest BCUT2D eigenvalue weighted by atomic mass is 10.00. The van der Waals surface area contributed by atoms with Gasteiger partial charge in [-0.2, -0.15) is 5.10 Å². The fraction of sp³-hybridized carbons (Fsp3) is 0. The summed E-state index contributed by atoms with van der Waals surface area (Å²) in [7, 11) is 0. The molecule has 0 fully saturated rings. The molecule has 0 spiro atoms. The van der Waals surface area contributed by atoms with Crippen molar-refractivity contribution in [2.75, 3.05) is 0 Å². The Bertz CT molecular complexity index is 1200. The highest BCUT2D eigenvalue weighted by atomic mass is 35.5. The molecule has 3 aromatic carbocycles. The van der Waals surface area contributed by atoms with Crippen molar-refractivity contribution in [3.8, 4) is 16.9 Å². The van der Waals surface area contributed by atoms with E-state index in [0.717, 1.165) is 5.56 Å². The predicted octanol–water partition coefficient (Wildman–Crippen LogP) is 7.38. The lowest BCUT2D eigenvalue weighted by molar-refractivity contribution is 0.103. The molecule has 29 heavy (non-hydrogen) atoms. The van der Waals surface area contributed by atoms with E-state index in [1.54, 1.807) is 65.5 Å². The number of nitrogens with zero attached hydrogens (tertiary/aromatic N) is 2. The summed E-state index contributed by atoms with van der Waals surface area (Å²) in [6, 6.07) is 19.1. The highest BCUT2D eigenvalue weighted by molar-refractivity contribution is 6.42. The van der Waals surface area contributed by atoms with Crippen LogP contribution in [0.2, 0.25) is 20.1 Å². The van der Waals surface area contributed by atoms with Gasteiger partial charge in [0.15, 0.2) is 5.78 Å². The summed E-state index contributed by atoms with van der Waals surface area (Å²) in [6.07, 6.45) is 1.55. The van der Waals surface area contributed by atoms with E-state index in [1.165, 1.54) is 0 Å². The lowest BCUT2D eigenvalue weighted by Gasteiger charge is -2.11. The van der Waals surface area contributed by atoms with Crippen molar-refractivity contribution in [2.45, 2.75) is 0 Å². The van der Waals surface area contributed by atoms with Gasteiger partial charge in [-0.05, 0) is 54.6 Å². The maximum absolute atomic E-state index is 13.2. The van der Waals surface area contributed by atoms with Crippen molar-refractivity contribution in [1.82, 2.24) is 9.78 Å². The SMILES string of the molecule is O=C(c1ccc(Cl)cc1)c1cnn(-c2ccc(Cl)c(Cl)c2)c1-c1ccc(Cl)cc1. The van der Waals surface area contributed by atoms with Crippen LogP contribution in [0.3, 0.4) is 0 Å². The molecule has 0 amide bonds. The van der Waals surface area contributed by atoms with E-state index in [0.29, 0.717) is 42.6 Å². The molecule has 1 aromatic heterocycles. The first-order chi connectivity index (χ1) is 13.9. The van der Waals surface area contributed by atoms with Crippen molar-refractivity contribution in [3.63, 3.8) is 0 Å². The van der Waals surface area contributed by atoms with Crippen molar-refractivity contribution in [2.24, 2.45) is 0 Å². The van der Waals surface area contributed by atoms with Crippen molar-refractivity contribution in [1.29, 1.82) is 0 Å². The highest BCUT2D eigenvalue weighted by Crippen LogP contribution is 2.32. The van der Waals surface area contributed by atoms with E-state index in [4.69, 9.17) is 46.4 Å². The fourth-order valence-electron chi connectivity index (χ4n) is 2.97. The molecular formula is C22H12Cl4N2O. The summed E-state index contributed by atoms with van der Waals surface area (Å²) in [5, 5.41) is 6.45. The molecule has 4 rings (SSSR count). The van der Waals surface area contributed by atoms with E-state index in [1.807, 2.05) is 12.1 Å². The maximum Gasteiger partial charge on any atom is 0.196 e. The second kappa shape index (κ2) is 8.21. The van der Waals surface area contributed by atoms with Gasteiger partial charge in [-0.15, -0.1) is 0 Å². The van der Waals surface area contributed by atoms with Gasteiger partial charge in [-0.3, -0.25) is 4.79 Å². The number of hydrogen-bond acceptors (Lipinski definition) is 2. The molecule has 0 aliphatic carbocycles. The Kier molecular flexibility index (Phi) is 5.66. The van der Waals surface area contributed by atoms with Crippen LogP contribution in [-0.4, -0.2) is 15.6 Å². The number of hydrogen-bond donors (Lipinski definition) is 0. The molecule has 0 saturated carbocycles. The van der Waals surface area contributed by atoms with Crippen LogP contribution >= 0.6 is 46.4 Å². The van der Waals surface area contributed by atoms with E-state index >= 15 is 0 Å². The first-order valence-electron chi connectivity index (χ1n) is 8.53. The number of benzene rings is 3. The Morgan fingerprint density at radius 2 is 1.38 bits per heavy atom. The molecule has 3 nitrogen and oxygen atoms in total. The number of ketones is 1. The van der Waals surface area contributed by atoms with E-state index in [2.05, 4.69) is 5.10 Å². The fourth-order valence-corrected chi connectivity index (χ4v) is 3.51. The Hall–Kier alpha value is -2.30. The molecule has 0 aliphatic heterocycles. The monoisotopic (exact) mass is 460 g/mol.